The lowest BCUT2D eigenvalue weighted by Crippen LogP contribution is -2.16. The summed E-state index contributed by atoms with van der Waals surface area (Å²) in [6.45, 7) is 5.55. The lowest BCUT2D eigenvalue weighted by molar-refractivity contribution is 0.282. The zero-order valence-corrected chi connectivity index (χ0v) is 11.1. The van der Waals surface area contributed by atoms with Crippen LogP contribution >= 0.6 is 0 Å². The molecule has 0 unspecified atom stereocenters. The third-order valence-electron chi connectivity index (χ3n) is 3.91. The molecular weight excluding hydrogens is 208 g/mol. The van der Waals surface area contributed by atoms with Gasteiger partial charge in [-0.15, -0.1) is 0 Å². The van der Waals surface area contributed by atoms with Gasteiger partial charge in [0.2, 0.25) is 0 Å². The van der Waals surface area contributed by atoms with Crippen molar-refractivity contribution < 1.29 is 0 Å². The summed E-state index contributed by atoms with van der Waals surface area (Å²) >= 11 is 0. The second kappa shape index (κ2) is 6.04. The van der Waals surface area contributed by atoms with Crippen molar-refractivity contribution in [1.82, 2.24) is 4.98 Å². The van der Waals surface area contributed by atoms with Crippen LogP contribution in [0.4, 0.5) is 5.82 Å². The maximum absolute atomic E-state index is 4.32. The molecule has 0 amide bonds. The van der Waals surface area contributed by atoms with Gasteiger partial charge in [-0.25, -0.2) is 4.98 Å². The fourth-order valence-corrected chi connectivity index (χ4v) is 2.65. The maximum Gasteiger partial charge on any atom is 0.126 e. The van der Waals surface area contributed by atoms with Gasteiger partial charge in [-0.2, -0.15) is 0 Å². The van der Waals surface area contributed by atoms with E-state index in [9.17, 15) is 0 Å². The summed E-state index contributed by atoms with van der Waals surface area (Å²) in [6.07, 6.45) is 8.86. The third kappa shape index (κ3) is 4.03. The molecular formula is C15H24N2. The lowest BCUT2D eigenvalue weighted by Gasteiger charge is -2.26. The molecule has 1 aromatic rings. The van der Waals surface area contributed by atoms with Crippen molar-refractivity contribution in [3.8, 4) is 0 Å². The standard InChI is InChI=1S/C15H24N2/c1-12-3-5-14(6-4-12)8-10-17-15-11-13(2)7-9-16-15/h7,9,11-12,14H,3-6,8,10H2,1-2H3,(H,16,17). The average molecular weight is 232 g/mol. The SMILES string of the molecule is Cc1ccnc(NCCC2CCC(C)CC2)c1. The van der Waals surface area contributed by atoms with E-state index in [0.29, 0.717) is 0 Å². The Kier molecular flexibility index (Phi) is 4.41. The first kappa shape index (κ1) is 12.4. The zero-order chi connectivity index (χ0) is 12.1. The predicted octanol–water partition coefficient (Wildman–Crippen LogP) is 4.02. The molecule has 1 aliphatic carbocycles. The molecule has 2 rings (SSSR count). The molecule has 1 fully saturated rings. The first-order valence-electron chi connectivity index (χ1n) is 6.90. The molecule has 0 bridgehead atoms. The Bertz CT molecular complexity index is 341. The molecule has 0 aromatic carbocycles. The molecule has 1 N–H and O–H groups in total. The highest BCUT2D eigenvalue weighted by atomic mass is 15.0. The van der Waals surface area contributed by atoms with Gasteiger partial charge in [0, 0.05) is 12.7 Å². The van der Waals surface area contributed by atoms with Crippen LogP contribution in [0.3, 0.4) is 0 Å². The number of hydrogen-bond acceptors (Lipinski definition) is 2. The molecule has 1 aromatic heterocycles. The molecule has 0 aliphatic heterocycles. The smallest absolute Gasteiger partial charge is 0.126 e. The van der Waals surface area contributed by atoms with Crippen molar-refractivity contribution in [2.75, 3.05) is 11.9 Å². The second-order valence-corrected chi connectivity index (χ2v) is 5.56. The molecule has 0 spiro atoms. The summed E-state index contributed by atoms with van der Waals surface area (Å²) < 4.78 is 0. The van der Waals surface area contributed by atoms with Gasteiger partial charge in [0.1, 0.15) is 5.82 Å². The molecule has 0 atom stereocenters. The van der Waals surface area contributed by atoms with Crippen LogP contribution in [0.1, 0.15) is 44.6 Å². The van der Waals surface area contributed by atoms with Crippen LogP contribution in [0, 0.1) is 18.8 Å². The Morgan fingerprint density at radius 1 is 1.29 bits per heavy atom. The maximum atomic E-state index is 4.32. The molecule has 0 radical (unpaired) electrons. The highest BCUT2D eigenvalue weighted by molar-refractivity contribution is 5.36. The summed E-state index contributed by atoms with van der Waals surface area (Å²) in [5.74, 6) is 2.91. The van der Waals surface area contributed by atoms with Gasteiger partial charge < -0.3 is 5.32 Å². The van der Waals surface area contributed by atoms with E-state index in [1.165, 1.54) is 37.7 Å². The number of pyridine rings is 1. The number of aryl methyl sites for hydroxylation is 1. The third-order valence-corrected chi connectivity index (χ3v) is 3.91. The predicted molar refractivity (Wildman–Crippen MR) is 73.2 cm³/mol. The van der Waals surface area contributed by atoms with Crippen LogP contribution in [0.25, 0.3) is 0 Å². The molecule has 1 saturated carbocycles. The van der Waals surface area contributed by atoms with E-state index < -0.39 is 0 Å². The summed E-state index contributed by atoms with van der Waals surface area (Å²) in [5, 5.41) is 3.43. The number of nitrogens with zero attached hydrogens (tertiary/aromatic N) is 1. The second-order valence-electron chi connectivity index (χ2n) is 5.56. The number of aromatic nitrogens is 1. The molecule has 1 heterocycles. The normalized spacial score (nSPS) is 24.6. The Morgan fingerprint density at radius 2 is 2.06 bits per heavy atom. The summed E-state index contributed by atoms with van der Waals surface area (Å²) in [6, 6.07) is 4.15. The van der Waals surface area contributed by atoms with E-state index in [-0.39, 0.29) is 0 Å². The van der Waals surface area contributed by atoms with Crippen LogP contribution < -0.4 is 5.32 Å². The Hall–Kier alpha value is -1.05. The Morgan fingerprint density at radius 3 is 2.76 bits per heavy atom. The topological polar surface area (TPSA) is 24.9 Å². The molecule has 2 heteroatoms. The van der Waals surface area contributed by atoms with E-state index in [0.717, 1.165) is 24.2 Å². The minimum Gasteiger partial charge on any atom is -0.370 e. The van der Waals surface area contributed by atoms with E-state index in [2.05, 4.69) is 30.2 Å². The minimum atomic E-state index is 0.934. The largest absolute Gasteiger partial charge is 0.370 e. The van der Waals surface area contributed by atoms with Crippen LogP contribution in [0.2, 0.25) is 0 Å². The van der Waals surface area contributed by atoms with Gasteiger partial charge in [0.15, 0.2) is 0 Å². The molecule has 2 nitrogen and oxygen atoms in total. The summed E-state index contributed by atoms with van der Waals surface area (Å²) in [7, 11) is 0. The van der Waals surface area contributed by atoms with E-state index in [1.807, 2.05) is 12.3 Å². The van der Waals surface area contributed by atoms with Crippen LogP contribution in [0.5, 0.6) is 0 Å². The number of anilines is 1. The highest BCUT2D eigenvalue weighted by Crippen LogP contribution is 2.30. The number of hydrogen-bond donors (Lipinski definition) is 1. The minimum absolute atomic E-state index is 0.934. The fraction of sp³-hybridized carbons (Fsp3) is 0.667. The molecule has 1 aliphatic rings. The molecule has 94 valence electrons. The van der Waals surface area contributed by atoms with E-state index in [4.69, 9.17) is 0 Å². The molecule has 17 heavy (non-hydrogen) atoms. The van der Waals surface area contributed by atoms with Gasteiger partial charge in [-0.05, 0) is 42.9 Å². The van der Waals surface area contributed by atoms with Gasteiger partial charge in [-0.1, -0.05) is 32.6 Å². The van der Waals surface area contributed by atoms with Gasteiger partial charge in [0.05, 0.1) is 0 Å². The van der Waals surface area contributed by atoms with Gasteiger partial charge in [0.25, 0.3) is 0 Å². The van der Waals surface area contributed by atoms with E-state index in [1.54, 1.807) is 0 Å². The number of nitrogens with one attached hydrogen (secondary N) is 1. The van der Waals surface area contributed by atoms with Gasteiger partial charge in [-0.3, -0.25) is 0 Å². The first-order chi connectivity index (χ1) is 8.24. The van der Waals surface area contributed by atoms with Crippen molar-refractivity contribution >= 4 is 5.82 Å². The van der Waals surface area contributed by atoms with Crippen molar-refractivity contribution in [2.24, 2.45) is 11.8 Å². The van der Waals surface area contributed by atoms with Crippen LogP contribution in [-0.2, 0) is 0 Å². The van der Waals surface area contributed by atoms with Crippen LogP contribution in [0.15, 0.2) is 18.3 Å². The Balaban J connectivity index is 1.69. The zero-order valence-electron chi connectivity index (χ0n) is 11.1. The van der Waals surface area contributed by atoms with Gasteiger partial charge >= 0.3 is 0 Å². The van der Waals surface area contributed by atoms with Crippen molar-refractivity contribution in [3.63, 3.8) is 0 Å². The van der Waals surface area contributed by atoms with E-state index >= 15 is 0 Å². The van der Waals surface area contributed by atoms with Crippen molar-refractivity contribution in [2.45, 2.75) is 46.0 Å². The van der Waals surface area contributed by atoms with Crippen LogP contribution in [-0.4, -0.2) is 11.5 Å². The Labute approximate surface area is 105 Å². The summed E-state index contributed by atoms with van der Waals surface area (Å²) in [4.78, 5) is 4.32. The lowest BCUT2D eigenvalue weighted by atomic mass is 9.81. The number of rotatable bonds is 4. The van der Waals surface area contributed by atoms with Crippen molar-refractivity contribution in [3.05, 3.63) is 23.9 Å². The summed E-state index contributed by atoms with van der Waals surface area (Å²) in [5.41, 5.74) is 1.27. The quantitative estimate of drug-likeness (QED) is 0.848. The average Bonchev–Trinajstić information content (AvgIpc) is 2.32. The highest BCUT2D eigenvalue weighted by Gasteiger charge is 2.17. The monoisotopic (exact) mass is 232 g/mol. The van der Waals surface area contributed by atoms with Crippen molar-refractivity contribution in [1.29, 1.82) is 0 Å². The fourth-order valence-electron chi connectivity index (χ4n) is 2.65. The molecule has 0 saturated heterocycles. The first-order valence-corrected chi connectivity index (χ1v) is 6.90.